The molecule has 3 N–H and O–H groups in total. The van der Waals surface area contributed by atoms with E-state index in [9.17, 15) is 18.4 Å². The maximum atomic E-state index is 14.7. The number of ether oxygens (including phenoxy) is 1. The highest BCUT2D eigenvalue weighted by Gasteiger charge is 2.25. The van der Waals surface area contributed by atoms with Gasteiger partial charge in [-0.2, -0.15) is 14.6 Å². The van der Waals surface area contributed by atoms with Gasteiger partial charge in [-0.15, -0.1) is 0 Å². The van der Waals surface area contributed by atoms with Crippen LogP contribution in [0.5, 0.6) is 5.75 Å². The number of carboxylic acids is 1. The number of aromatic nitrogens is 5. The molecule has 0 aliphatic carbocycles. The summed E-state index contributed by atoms with van der Waals surface area (Å²) in [6.07, 6.45) is 0.257. The van der Waals surface area contributed by atoms with Crippen molar-refractivity contribution in [2.75, 3.05) is 43.4 Å². The Morgan fingerprint density at radius 1 is 1.17 bits per heavy atom. The number of anilines is 2. The zero-order chi connectivity index (χ0) is 29.7. The third-order valence-electron chi connectivity index (χ3n) is 7.49. The van der Waals surface area contributed by atoms with Gasteiger partial charge in [-0.05, 0) is 25.1 Å². The number of fused-ring (bicyclic) bond motifs is 3. The fourth-order valence-corrected chi connectivity index (χ4v) is 5.22. The molecule has 1 atom stereocenters. The van der Waals surface area contributed by atoms with Crippen molar-refractivity contribution in [1.29, 1.82) is 0 Å². The van der Waals surface area contributed by atoms with Crippen molar-refractivity contribution in [2.24, 2.45) is 7.05 Å². The third-order valence-corrected chi connectivity index (χ3v) is 7.49. The van der Waals surface area contributed by atoms with Crippen LogP contribution >= 0.6 is 0 Å². The Balaban J connectivity index is 1.18. The van der Waals surface area contributed by atoms with Crippen LogP contribution in [-0.2, 0) is 18.4 Å². The molecule has 42 heavy (non-hydrogen) atoms. The predicted octanol–water partition coefficient (Wildman–Crippen LogP) is 2.18. The van der Waals surface area contributed by atoms with Crippen molar-refractivity contribution in [3.05, 3.63) is 58.7 Å². The number of hydrogen-bond acceptors (Lipinski definition) is 9. The van der Waals surface area contributed by atoms with E-state index >= 15 is 0 Å². The van der Waals surface area contributed by atoms with Crippen molar-refractivity contribution < 1.29 is 27.8 Å². The second-order valence-corrected chi connectivity index (χ2v) is 10.1. The first-order chi connectivity index (χ1) is 20.1. The number of halogens is 2. The molecule has 1 fully saturated rings. The largest absolute Gasteiger partial charge is 0.479 e. The van der Waals surface area contributed by atoms with Crippen molar-refractivity contribution in [3.63, 3.8) is 0 Å². The molecular formula is C27H28F2N8O5. The van der Waals surface area contributed by atoms with Gasteiger partial charge in [-0.25, -0.2) is 18.4 Å². The summed E-state index contributed by atoms with van der Waals surface area (Å²) in [7, 11) is 1.67. The molecule has 13 nitrogen and oxygen atoms in total. The van der Waals surface area contributed by atoms with Gasteiger partial charge in [0.15, 0.2) is 29.1 Å². The van der Waals surface area contributed by atoms with Crippen LogP contribution in [0.4, 0.5) is 20.4 Å². The minimum absolute atomic E-state index is 0.130. The van der Waals surface area contributed by atoms with Gasteiger partial charge in [-0.1, -0.05) is 0 Å². The Bertz CT molecular complexity index is 1850. The lowest BCUT2D eigenvalue weighted by molar-refractivity contribution is -0.144. The number of hydrogen-bond donors (Lipinski definition) is 2. The van der Waals surface area contributed by atoms with Crippen molar-refractivity contribution in [1.82, 2.24) is 28.6 Å². The molecule has 1 aromatic carbocycles. The molecule has 5 heterocycles. The Labute approximate surface area is 236 Å². The summed E-state index contributed by atoms with van der Waals surface area (Å²) in [4.78, 5) is 32.7. The van der Waals surface area contributed by atoms with Crippen LogP contribution in [0.15, 0.2) is 45.8 Å². The maximum Gasteiger partial charge on any atom is 0.344 e. The second kappa shape index (κ2) is 10.5. The second-order valence-electron chi connectivity index (χ2n) is 10.1. The fourth-order valence-electron chi connectivity index (χ4n) is 5.22. The van der Waals surface area contributed by atoms with Gasteiger partial charge in [0.1, 0.15) is 17.0 Å². The average Bonchev–Trinajstić information content (AvgIpc) is 3.69. The Morgan fingerprint density at radius 3 is 2.62 bits per heavy atom. The zero-order valence-corrected chi connectivity index (χ0v) is 22.8. The topological polar surface area (TPSA) is 149 Å². The number of carbonyl (C=O) groups is 1. The first-order valence-corrected chi connectivity index (χ1v) is 13.3. The molecule has 0 unspecified atom stereocenters. The van der Waals surface area contributed by atoms with Gasteiger partial charge in [0.25, 0.3) is 0 Å². The predicted molar refractivity (Wildman–Crippen MR) is 149 cm³/mol. The molecule has 1 aliphatic heterocycles. The molecule has 0 spiro atoms. The quantitative estimate of drug-likeness (QED) is 0.279. The first kappa shape index (κ1) is 27.3. The van der Waals surface area contributed by atoms with Gasteiger partial charge >= 0.3 is 11.7 Å². The Morgan fingerprint density at radius 2 is 1.93 bits per heavy atom. The normalized spacial score (nSPS) is 15.1. The highest BCUT2D eigenvalue weighted by molar-refractivity contribution is 5.91. The van der Waals surface area contributed by atoms with Gasteiger partial charge in [-0.3, -0.25) is 14.0 Å². The van der Waals surface area contributed by atoms with Crippen LogP contribution in [0.1, 0.15) is 6.92 Å². The van der Waals surface area contributed by atoms with E-state index in [0.29, 0.717) is 73.5 Å². The summed E-state index contributed by atoms with van der Waals surface area (Å²) >= 11 is 0. The molecule has 6 rings (SSSR count). The van der Waals surface area contributed by atoms with Crippen LogP contribution in [0.3, 0.4) is 0 Å². The third kappa shape index (κ3) is 4.70. The van der Waals surface area contributed by atoms with Crippen molar-refractivity contribution in [3.8, 4) is 17.2 Å². The van der Waals surface area contributed by atoms with E-state index in [0.717, 1.165) is 0 Å². The summed E-state index contributed by atoms with van der Waals surface area (Å²) in [5.41, 5.74) is 8.32. The van der Waals surface area contributed by atoms with E-state index in [1.54, 1.807) is 41.0 Å². The lowest BCUT2D eigenvalue weighted by atomic mass is 10.2. The number of aryl methyl sites for hydroxylation is 1. The SMILES string of the molecule is C[C@H](Oc1cc(N2CCN(CCn3c(=O)n(C)c4c3nc(N)n3nc(-c5ccco5)cc43)CC2)c(F)cc1F)C(=O)O. The molecule has 15 heteroatoms. The molecule has 5 aromatic rings. The molecule has 220 valence electrons. The lowest BCUT2D eigenvalue weighted by Gasteiger charge is -2.36. The number of nitrogens with zero attached hydrogens (tertiary/aromatic N) is 7. The number of carboxylic acid groups (broad SMARTS) is 1. The highest BCUT2D eigenvalue weighted by atomic mass is 19.1. The smallest absolute Gasteiger partial charge is 0.344 e. The van der Waals surface area contributed by atoms with Gasteiger partial charge < -0.3 is 24.9 Å². The molecule has 0 bridgehead atoms. The number of nitrogen functional groups attached to an aromatic ring is 1. The molecule has 1 saturated heterocycles. The number of rotatable bonds is 8. The fraction of sp³-hybridized carbons (Fsp3) is 0.333. The van der Waals surface area contributed by atoms with Crippen LogP contribution < -0.4 is 21.1 Å². The van der Waals surface area contributed by atoms with E-state index in [1.807, 2.05) is 0 Å². The van der Waals surface area contributed by atoms with Crippen LogP contribution in [-0.4, -0.2) is 78.5 Å². The number of piperazine rings is 1. The Kier molecular flexibility index (Phi) is 6.80. The maximum absolute atomic E-state index is 14.7. The van der Waals surface area contributed by atoms with E-state index in [4.69, 9.17) is 20.0 Å². The first-order valence-electron chi connectivity index (χ1n) is 13.3. The summed E-state index contributed by atoms with van der Waals surface area (Å²) in [5.74, 6) is -2.62. The van der Waals surface area contributed by atoms with E-state index in [1.165, 1.54) is 22.1 Å². The van der Waals surface area contributed by atoms with E-state index in [-0.39, 0.29) is 23.1 Å². The van der Waals surface area contributed by atoms with Crippen molar-refractivity contribution >= 4 is 34.3 Å². The minimum Gasteiger partial charge on any atom is -0.479 e. The number of imidazole rings is 1. The van der Waals surface area contributed by atoms with E-state index < -0.39 is 23.7 Å². The Hall–Kier alpha value is -4.92. The van der Waals surface area contributed by atoms with E-state index in [2.05, 4.69) is 15.0 Å². The molecule has 4 aromatic heterocycles. The summed E-state index contributed by atoms with van der Waals surface area (Å²) in [6, 6.07) is 7.23. The standard InChI is InChI=1S/C27H28F2N8O5/c1-15(25(38)39)42-22-14-19(16(28)12-17(22)29)35-8-5-34(6-9-35)7-10-36-24-23(33(2)27(36)40)20-13-18(21-4-3-11-41-21)32-37(20)26(30)31-24/h3-4,11-15H,5-10H2,1-2H3,(H2,30,31)(H,38,39)/t15-/m0/s1. The van der Waals surface area contributed by atoms with Crippen LogP contribution in [0.2, 0.25) is 0 Å². The molecule has 0 amide bonds. The average molecular weight is 583 g/mol. The molecule has 0 saturated carbocycles. The van der Waals surface area contributed by atoms with Crippen LogP contribution in [0.25, 0.3) is 28.1 Å². The van der Waals surface area contributed by atoms with Gasteiger partial charge in [0, 0.05) is 58.4 Å². The summed E-state index contributed by atoms with van der Waals surface area (Å²) in [6.45, 7) is 4.09. The number of benzene rings is 1. The van der Waals surface area contributed by atoms with Crippen LogP contribution in [0, 0.1) is 11.6 Å². The summed E-state index contributed by atoms with van der Waals surface area (Å²) in [5, 5.41) is 13.6. The highest BCUT2D eigenvalue weighted by Crippen LogP contribution is 2.30. The molecular weight excluding hydrogens is 554 g/mol. The van der Waals surface area contributed by atoms with Crippen molar-refractivity contribution in [2.45, 2.75) is 19.6 Å². The van der Waals surface area contributed by atoms with Gasteiger partial charge in [0.05, 0.1) is 17.5 Å². The lowest BCUT2D eigenvalue weighted by Crippen LogP contribution is -2.47. The van der Waals surface area contributed by atoms with Gasteiger partial charge in [0.2, 0.25) is 5.95 Å². The molecule has 1 aliphatic rings. The number of nitrogens with two attached hydrogens (primary N) is 1. The molecule has 0 radical (unpaired) electrons. The minimum atomic E-state index is -1.29. The number of aliphatic carboxylic acids is 1. The summed E-state index contributed by atoms with van der Waals surface area (Å²) < 4.78 is 44.1. The zero-order valence-electron chi connectivity index (χ0n) is 22.8. The monoisotopic (exact) mass is 582 g/mol. The number of furan rings is 1.